The van der Waals surface area contributed by atoms with Crippen molar-refractivity contribution >= 4 is 17.4 Å². The summed E-state index contributed by atoms with van der Waals surface area (Å²) in [7, 11) is 0. The minimum Gasteiger partial charge on any atom is -0.347 e. The monoisotopic (exact) mass is 333 g/mol. The third-order valence-corrected chi connectivity index (χ3v) is 3.74. The summed E-state index contributed by atoms with van der Waals surface area (Å²) in [6.07, 6.45) is 5.76. The molecule has 0 saturated heterocycles. The Bertz CT molecular complexity index is 834. The third kappa shape index (κ3) is 4.60. The number of rotatable bonds is 6. The Hall–Kier alpha value is -3.28. The van der Waals surface area contributed by atoms with E-state index in [2.05, 4.69) is 44.6 Å². The van der Waals surface area contributed by atoms with Crippen molar-refractivity contribution in [3.63, 3.8) is 0 Å². The van der Waals surface area contributed by atoms with Crippen molar-refractivity contribution in [2.24, 2.45) is 0 Å². The van der Waals surface area contributed by atoms with Gasteiger partial charge in [0.25, 0.3) is 5.91 Å². The highest BCUT2D eigenvalue weighted by Gasteiger charge is 2.08. The van der Waals surface area contributed by atoms with E-state index in [4.69, 9.17) is 0 Å². The Balaban J connectivity index is 1.64. The number of pyridine rings is 1. The van der Waals surface area contributed by atoms with Crippen LogP contribution in [-0.4, -0.2) is 20.9 Å². The first-order valence-electron chi connectivity index (χ1n) is 8.09. The van der Waals surface area contributed by atoms with Crippen LogP contribution in [0.3, 0.4) is 0 Å². The smallest absolute Gasteiger partial charge is 0.270 e. The minimum atomic E-state index is -0.247. The summed E-state index contributed by atoms with van der Waals surface area (Å²) in [5, 5.41) is 6.02. The molecule has 126 valence electrons. The van der Waals surface area contributed by atoms with Crippen molar-refractivity contribution in [1.82, 2.24) is 20.3 Å². The van der Waals surface area contributed by atoms with E-state index in [-0.39, 0.29) is 5.91 Å². The molecule has 0 aliphatic rings. The maximum absolute atomic E-state index is 12.3. The SMILES string of the molecule is CCc1ccc(Nc2cc(C(=O)NCc3ccncc3)ncn2)cc1. The lowest BCUT2D eigenvalue weighted by atomic mass is 10.1. The molecule has 0 bridgehead atoms. The van der Waals surface area contributed by atoms with E-state index in [0.29, 0.717) is 18.1 Å². The Morgan fingerprint density at radius 3 is 2.48 bits per heavy atom. The number of benzene rings is 1. The summed E-state index contributed by atoms with van der Waals surface area (Å²) in [4.78, 5) is 24.4. The normalized spacial score (nSPS) is 10.3. The van der Waals surface area contributed by atoms with Crippen LogP contribution in [0, 0.1) is 0 Å². The predicted octanol–water partition coefficient (Wildman–Crippen LogP) is 3.11. The molecule has 6 heteroatoms. The van der Waals surface area contributed by atoms with Crippen LogP contribution in [-0.2, 0) is 13.0 Å². The zero-order chi connectivity index (χ0) is 17.5. The lowest BCUT2D eigenvalue weighted by Gasteiger charge is -2.08. The summed E-state index contributed by atoms with van der Waals surface area (Å²) in [6.45, 7) is 2.54. The number of hydrogen-bond acceptors (Lipinski definition) is 5. The molecule has 3 aromatic rings. The van der Waals surface area contributed by atoms with Gasteiger partial charge in [0.2, 0.25) is 0 Å². The molecule has 0 radical (unpaired) electrons. The van der Waals surface area contributed by atoms with Gasteiger partial charge in [-0.3, -0.25) is 9.78 Å². The average molecular weight is 333 g/mol. The van der Waals surface area contributed by atoms with Crippen molar-refractivity contribution in [2.75, 3.05) is 5.32 Å². The van der Waals surface area contributed by atoms with E-state index in [1.807, 2.05) is 24.3 Å². The van der Waals surface area contributed by atoms with E-state index >= 15 is 0 Å². The molecular weight excluding hydrogens is 314 g/mol. The van der Waals surface area contributed by atoms with Crippen molar-refractivity contribution in [3.8, 4) is 0 Å². The molecule has 1 aromatic carbocycles. The Morgan fingerprint density at radius 2 is 1.76 bits per heavy atom. The van der Waals surface area contributed by atoms with Crippen LogP contribution in [0.4, 0.5) is 11.5 Å². The number of amides is 1. The molecule has 0 unspecified atom stereocenters. The van der Waals surface area contributed by atoms with E-state index < -0.39 is 0 Å². The summed E-state index contributed by atoms with van der Waals surface area (Å²) in [5.74, 6) is 0.330. The number of nitrogens with one attached hydrogen (secondary N) is 2. The van der Waals surface area contributed by atoms with Crippen LogP contribution in [0.25, 0.3) is 0 Å². The van der Waals surface area contributed by atoms with Crippen LogP contribution in [0.2, 0.25) is 0 Å². The first-order chi connectivity index (χ1) is 12.2. The number of hydrogen-bond donors (Lipinski definition) is 2. The lowest BCUT2D eigenvalue weighted by molar-refractivity contribution is 0.0946. The minimum absolute atomic E-state index is 0.247. The molecule has 1 amide bonds. The summed E-state index contributed by atoms with van der Waals surface area (Å²) in [5.41, 5.74) is 3.48. The van der Waals surface area contributed by atoms with Crippen molar-refractivity contribution < 1.29 is 4.79 Å². The van der Waals surface area contributed by atoms with Gasteiger partial charge in [0.15, 0.2) is 0 Å². The fraction of sp³-hybridized carbons (Fsp3) is 0.158. The van der Waals surface area contributed by atoms with Crippen molar-refractivity contribution in [1.29, 1.82) is 0 Å². The highest BCUT2D eigenvalue weighted by Crippen LogP contribution is 2.15. The van der Waals surface area contributed by atoms with Crippen molar-refractivity contribution in [2.45, 2.75) is 19.9 Å². The van der Waals surface area contributed by atoms with E-state index in [1.54, 1.807) is 18.5 Å². The highest BCUT2D eigenvalue weighted by molar-refractivity contribution is 5.92. The van der Waals surface area contributed by atoms with Gasteiger partial charge in [0.05, 0.1) is 0 Å². The van der Waals surface area contributed by atoms with Gasteiger partial charge in [-0.25, -0.2) is 9.97 Å². The number of aryl methyl sites for hydroxylation is 1. The van der Waals surface area contributed by atoms with Crippen molar-refractivity contribution in [3.05, 3.63) is 78.0 Å². The van der Waals surface area contributed by atoms with E-state index in [1.165, 1.54) is 11.9 Å². The second-order valence-electron chi connectivity index (χ2n) is 5.50. The number of aromatic nitrogens is 3. The summed E-state index contributed by atoms with van der Waals surface area (Å²) in [6, 6.07) is 13.4. The summed E-state index contributed by atoms with van der Waals surface area (Å²) >= 11 is 0. The molecular formula is C19H19N5O. The maximum atomic E-state index is 12.3. The molecule has 6 nitrogen and oxygen atoms in total. The molecule has 0 aliphatic carbocycles. The van der Waals surface area contributed by atoms with Gasteiger partial charge >= 0.3 is 0 Å². The Labute approximate surface area is 146 Å². The van der Waals surface area contributed by atoms with Gasteiger partial charge < -0.3 is 10.6 Å². The molecule has 0 spiro atoms. The molecule has 0 fully saturated rings. The number of carbonyl (C=O) groups excluding carboxylic acids is 1. The molecule has 3 rings (SSSR count). The summed E-state index contributed by atoms with van der Waals surface area (Å²) < 4.78 is 0. The van der Waals surface area contributed by atoms with Gasteiger partial charge in [-0.2, -0.15) is 0 Å². The predicted molar refractivity (Wildman–Crippen MR) is 96.5 cm³/mol. The molecule has 0 aliphatic heterocycles. The fourth-order valence-corrected chi connectivity index (χ4v) is 2.30. The zero-order valence-corrected chi connectivity index (χ0v) is 13.9. The molecule has 25 heavy (non-hydrogen) atoms. The quantitative estimate of drug-likeness (QED) is 0.724. The Kier molecular flexibility index (Phi) is 5.31. The first kappa shape index (κ1) is 16.6. The van der Waals surface area contributed by atoms with Crippen LogP contribution >= 0.6 is 0 Å². The van der Waals surface area contributed by atoms with Gasteiger partial charge in [-0.15, -0.1) is 0 Å². The van der Waals surface area contributed by atoms with E-state index in [0.717, 1.165) is 17.7 Å². The van der Waals surface area contributed by atoms with E-state index in [9.17, 15) is 4.79 Å². The second-order valence-corrected chi connectivity index (χ2v) is 5.50. The van der Waals surface area contributed by atoms with Gasteiger partial charge in [0.1, 0.15) is 17.8 Å². The van der Waals surface area contributed by atoms with Crippen LogP contribution in [0.5, 0.6) is 0 Å². The van der Waals surface area contributed by atoms with Crippen LogP contribution < -0.4 is 10.6 Å². The molecule has 0 atom stereocenters. The third-order valence-electron chi connectivity index (χ3n) is 3.74. The molecule has 2 aromatic heterocycles. The van der Waals surface area contributed by atoms with Crippen LogP contribution in [0.1, 0.15) is 28.5 Å². The average Bonchev–Trinajstić information content (AvgIpc) is 2.68. The van der Waals surface area contributed by atoms with Gasteiger partial charge in [-0.1, -0.05) is 19.1 Å². The Morgan fingerprint density at radius 1 is 1.00 bits per heavy atom. The largest absolute Gasteiger partial charge is 0.347 e. The molecule has 2 heterocycles. The van der Waals surface area contributed by atoms with Crippen LogP contribution in [0.15, 0.2) is 61.2 Å². The number of nitrogens with zero attached hydrogens (tertiary/aromatic N) is 3. The number of anilines is 2. The number of carbonyl (C=O) groups is 1. The first-order valence-corrected chi connectivity index (χ1v) is 8.09. The van der Waals surface area contributed by atoms with Gasteiger partial charge in [0, 0.05) is 30.7 Å². The maximum Gasteiger partial charge on any atom is 0.270 e. The fourth-order valence-electron chi connectivity index (χ4n) is 2.30. The van der Waals surface area contributed by atoms with Gasteiger partial charge in [-0.05, 0) is 41.8 Å². The molecule has 0 saturated carbocycles. The standard InChI is InChI=1S/C19H19N5O/c1-2-14-3-5-16(6-4-14)24-18-11-17(22-13-23-18)19(25)21-12-15-7-9-20-10-8-15/h3-11,13H,2,12H2,1H3,(H,21,25)(H,22,23,24). The lowest BCUT2D eigenvalue weighted by Crippen LogP contribution is -2.24. The zero-order valence-electron chi connectivity index (χ0n) is 13.9. The highest BCUT2D eigenvalue weighted by atomic mass is 16.1. The molecule has 2 N–H and O–H groups in total. The topological polar surface area (TPSA) is 79.8 Å². The second kappa shape index (κ2) is 8.01.